The summed E-state index contributed by atoms with van der Waals surface area (Å²) >= 11 is 0. The van der Waals surface area contributed by atoms with E-state index in [2.05, 4.69) is 35.6 Å². The van der Waals surface area contributed by atoms with E-state index >= 15 is 0 Å². The van der Waals surface area contributed by atoms with Crippen molar-refractivity contribution in [2.45, 2.75) is 56.5 Å². The molecule has 2 aliphatic carbocycles. The summed E-state index contributed by atoms with van der Waals surface area (Å²) in [5.74, 6) is 1.43. The third-order valence-electron chi connectivity index (χ3n) is 4.88. The van der Waals surface area contributed by atoms with Crippen LogP contribution in [-0.2, 0) is 0 Å². The van der Waals surface area contributed by atoms with Crippen LogP contribution in [0.3, 0.4) is 0 Å². The van der Waals surface area contributed by atoms with E-state index in [1.54, 1.807) is 0 Å². The van der Waals surface area contributed by atoms with E-state index < -0.39 is 0 Å². The molecule has 3 N–H and O–H groups in total. The van der Waals surface area contributed by atoms with E-state index in [-0.39, 0.29) is 0 Å². The molecule has 2 fully saturated rings. The van der Waals surface area contributed by atoms with Crippen LogP contribution in [0.4, 0.5) is 0 Å². The van der Waals surface area contributed by atoms with Crippen LogP contribution in [0.2, 0.25) is 0 Å². The molecule has 0 aliphatic heterocycles. The summed E-state index contributed by atoms with van der Waals surface area (Å²) in [6, 6.07) is 12.0. The lowest BCUT2D eigenvalue weighted by Gasteiger charge is -2.21. The Kier molecular flexibility index (Phi) is 4.19. The van der Waals surface area contributed by atoms with Crippen LogP contribution < -0.4 is 11.1 Å². The highest BCUT2D eigenvalue weighted by atomic mass is 15.0. The van der Waals surface area contributed by atoms with E-state index in [4.69, 9.17) is 5.73 Å². The number of hydrogen-bond donors (Lipinski definition) is 2. The van der Waals surface area contributed by atoms with E-state index in [9.17, 15) is 0 Å². The second kappa shape index (κ2) is 6.06. The Morgan fingerprint density at radius 3 is 2.68 bits per heavy atom. The fourth-order valence-electron chi connectivity index (χ4n) is 3.46. The van der Waals surface area contributed by atoms with Crippen LogP contribution in [0.1, 0.15) is 50.0 Å². The lowest BCUT2D eigenvalue weighted by atomic mass is 9.95. The van der Waals surface area contributed by atoms with Crippen molar-refractivity contribution in [3.8, 4) is 0 Å². The third kappa shape index (κ3) is 3.37. The van der Waals surface area contributed by atoms with Gasteiger partial charge in [-0.1, -0.05) is 49.6 Å². The lowest BCUT2D eigenvalue weighted by Crippen LogP contribution is -2.37. The Morgan fingerprint density at radius 2 is 1.84 bits per heavy atom. The first-order valence-corrected chi connectivity index (χ1v) is 7.88. The van der Waals surface area contributed by atoms with Gasteiger partial charge in [0.15, 0.2) is 0 Å². The molecule has 2 aliphatic rings. The van der Waals surface area contributed by atoms with Crippen molar-refractivity contribution in [3.63, 3.8) is 0 Å². The summed E-state index contributed by atoms with van der Waals surface area (Å²) in [7, 11) is 0. The van der Waals surface area contributed by atoms with Crippen LogP contribution in [0.15, 0.2) is 30.3 Å². The summed E-state index contributed by atoms with van der Waals surface area (Å²) in [6.07, 6.45) is 7.91. The molecule has 1 aromatic rings. The smallest absolute Gasteiger partial charge is 0.0143 e. The average Bonchev–Trinajstić information content (AvgIpc) is 3.23. The van der Waals surface area contributed by atoms with Gasteiger partial charge in [-0.3, -0.25) is 0 Å². The predicted molar refractivity (Wildman–Crippen MR) is 80.1 cm³/mol. The maximum absolute atomic E-state index is 6.29. The first-order chi connectivity index (χ1) is 9.34. The third-order valence-corrected chi connectivity index (χ3v) is 4.88. The molecule has 0 amide bonds. The van der Waals surface area contributed by atoms with Gasteiger partial charge in [-0.25, -0.2) is 0 Å². The maximum Gasteiger partial charge on any atom is 0.0143 e. The molecule has 4 atom stereocenters. The van der Waals surface area contributed by atoms with E-state index in [1.807, 2.05) is 0 Å². The molecule has 2 heteroatoms. The van der Waals surface area contributed by atoms with E-state index in [1.165, 1.54) is 44.1 Å². The van der Waals surface area contributed by atoms with Gasteiger partial charge in [-0.05, 0) is 37.3 Å². The normalized spacial score (nSPS) is 34.8. The Bertz CT molecular complexity index is 390. The molecule has 0 aromatic heterocycles. The molecule has 0 saturated heterocycles. The quantitative estimate of drug-likeness (QED) is 0.815. The Morgan fingerprint density at radius 1 is 1.05 bits per heavy atom. The molecule has 0 spiro atoms. The first-order valence-electron chi connectivity index (χ1n) is 7.88. The SMILES string of the molecule is NC1CCCCCC1CNC1CC1c1ccccc1. The summed E-state index contributed by atoms with van der Waals surface area (Å²) in [6.45, 7) is 1.12. The number of rotatable bonds is 4. The molecule has 0 heterocycles. The topological polar surface area (TPSA) is 38.0 Å². The van der Waals surface area contributed by atoms with Gasteiger partial charge in [0.2, 0.25) is 0 Å². The zero-order chi connectivity index (χ0) is 13.1. The number of benzene rings is 1. The van der Waals surface area contributed by atoms with E-state index in [0.29, 0.717) is 18.0 Å². The zero-order valence-corrected chi connectivity index (χ0v) is 11.7. The minimum absolute atomic E-state index is 0.420. The van der Waals surface area contributed by atoms with Crippen molar-refractivity contribution in [2.24, 2.45) is 11.7 Å². The van der Waals surface area contributed by atoms with Crippen LogP contribution >= 0.6 is 0 Å². The van der Waals surface area contributed by atoms with Gasteiger partial charge in [-0.15, -0.1) is 0 Å². The molecule has 1 aromatic carbocycles. The van der Waals surface area contributed by atoms with Gasteiger partial charge >= 0.3 is 0 Å². The fourth-order valence-corrected chi connectivity index (χ4v) is 3.46. The molecule has 0 radical (unpaired) electrons. The second-order valence-electron chi connectivity index (χ2n) is 6.33. The van der Waals surface area contributed by atoms with Gasteiger partial charge in [0, 0.05) is 18.0 Å². The summed E-state index contributed by atoms with van der Waals surface area (Å²) < 4.78 is 0. The molecular formula is C17H26N2. The second-order valence-corrected chi connectivity index (χ2v) is 6.33. The molecule has 2 saturated carbocycles. The fraction of sp³-hybridized carbons (Fsp3) is 0.647. The Hall–Kier alpha value is -0.860. The van der Waals surface area contributed by atoms with Crippen molar-refractivity contribution in [1.82, 2.24) is 5.32 Å². The molecular weight excluding hydrogens is 232 g/mol. The van der Waals surface area contributed by atoms with Gasteiger partial charge < -0.3 is 11.1 Å². The Labute approximate surface area is 116 Å². The largest absolute Gasteiger partial charge is 0.327 e. The summed E-state index contributed by atoms with van der Waals surface area (Å²) in [5, 5.41) is 3.75. The number of nitrogens with two attached hydrogens (primary N) is 1. The molecule has 19 heavy (non-hydrogen) atoms. The first kappa shape index (κ1) is 13.1. The Balaban J connectivity index is 1.46. The summed E-state index contributed by atoms with van der Waals surface area (Å²) in [4.78, 5) is 0. The highest BCUT2D eigenvalue weighted by Gasteiger charge is 2.38. The summed E-state index contributed by atoms with van der Waals surface area (Å²) in [5.41, 5.74) is 7.78. The minimum atomic E-state index is 0.420. The van der Waals surface area contributed by atoms with Gasteiger partial charge in [0.05, 0.1) is 0 Å². The van der Waals surface area contributed by atoms with Crippen molar-refractivity contribution in [2.75, 3.05) is 6.54 Å². The average molecular weight is 258 g/mol. The predicted octanol–water partition coefficient (Wildman–Crippen LogP) is 3.04. The standard InChI is InChI=1S/C17H26N2/c18-16-10-6-2-5-9-14(16)12-19-17-11-15(17)13-7-3-1-4-8-13/h1,3-4,7-8,14-17,19H,2,5-6,9-12,18H2. The van der Waals surface area contributed by atoms with E-state index in [0.717, 1.165) is 12.5 Å². The molecule has 3 rings (SSSR count). The monoisotopic (exact) mass is 258 g/mol. The van der Waals surface area contributed by atoms with Gasteiger partial charge in [-0.2, -0.15) is 0 Å². The van der Waals surface area contributed by atoms with Gasteiger partial charge in [0.25, 0.3) is 0 Å². The number of nitrogens with one attached hydrogen (secondary N) is 1. The highest BCUT2D eigenvalue weighted by molar-refractivity contribution is 5.27. The highest BCUT2D eigenvalue weighted by Crippen LogP contribution is 2.40. The molecule has 104 valence electrons. The zero-order valence-electron chi connectivity index (χ0n) is 11.7. The van der Waals surface area contributed by atoms with Crippen LogP contribution in [0.5, 0.6) is 0 Å². The van der Waals surface area contributed by atoms with Crippen molar-refractivity contribution >= 4 is 0 Å². The lowest BCUT2D eigenvalue weighted by molar-refractivity contribution is 0.372. The van der Waals surface area contributed by atoms with Crippen LogP contribution in [0.25, 0.3) is 0 Å². The molecule has 4 unspecified atom stereocenters. The van der Waals surface area contributed by atoms with Crippen LogP contribution in [-0.4, -0.2) is 18.6 Å². The van der Waals surface area contributed by atoms with Crippen molar-refractivity contribution < 1.29 is 0 Å². The minimum Gasteiger partial charge on any atom is -0.327 e. The maximum atomic E-state index is 6.29. The van der Waals surface area contributed by atoms with Crippen molar-refractivity contribution in [1.29, 1.82) is 0 Å². The van der Waals surface area contributed by atoms with Gasteiger partial charge in [0.1, 0.15) is 0 Å². The number of hydrogen-bond acceptors (Lipinski definition) is 2. The van der Waals surface area contributed by atoms with Crippen LogP contribution in [0, 0.1) is 5.92 Å². The molecule has 2 nitrogen and oxygen atoms in total. The van der Waals surface area contributed by atoms with Crippen molar-refractivity contribution in [3.05, 3.63) is 35.9 Å². The molecule has 0 bridgehead atoms.